The first-order chi connectivity index (χ1) is 11.0. The standard InChI is InChI=1S/C16H28N4O2S/c1-5-12(4)20-15(22)13(14(21)18-16(20)23)11-17-9-8-10-19(6-2)7-3/h11-13H,5-10H2,1-4H3,(H,18,21,23)/t12-,13+/m0/s1. The van der Waals surface area contributed by atoms with Crippen LogP contribution in [0, 0.1) is 5.92 Å². The Kier molecular flexibility index (Phi) is 8.33. The van der Waals surface area contributed by atoms with Crippen LogP contribution in [0.2, 0.25) is 0 Å². The third kappa shape index (κ3) is 5.35. The second kappa shape index (κ2) is 9.72. The van der Waals surface area contributed by atoms with Crippen LogP contribution in [-0.4, -0.2) is 65.2 Å². The van der Waals surface area contributed by atoms with Crippen molar-refractivity contribution in [2.45, 2.75) is 46.6 Å². The Morgan fingerprint density at radius 2 is 2.00 bits per heavy atom. The van der Waals surface area contributed by atoms with Crippen LogP contribution in [0.15, 0.2) is 4.99 Å². The first kappa shape index (κ1) is 19.7. The molecule has 0 unspecified atom stereocenters. The molecule has 6 nitrogen and oxygen atoms in total. The maximum atomic E-state index is 12.5. The van der Waals surface area contributed by atoms with Crippen molar-refractivity contribution < 1.29 is 9.59 Å². The summed E-state index contributed by atoms with van der Waals surface area (Å²) >= 11 is 5.11. The molecule has 0 aliphatic carbocycles. The number of hydrogen-bond donors (Lipinski definition) is 1. The lowest BCUT2D eigenvalue weighted by Gasteiger charge is -2.34. The smallest absolute Gasteiger partial charge is 0.247 e. The van der Waals surface area contributed by atoms with Gasteiger partial charge in [0.15, 0.2) is 11.0 Å². The van der Waals surface area contributed by atoms with Gasteiger partial charge < -0.3 is 10.2 Å². The summed E-state index contributed by atoms with van der Waals surface area (Å²) in [6.45, 7) is 11.8. The minimum atomic E-state index is -0.871. The minimum absolute atomic E-state index is 0.0332. The van der Waals surface area contributed by atoms with Gasteiger partial charge in [-0.2, -0.15) is 0 Å². The summed E-state index contributed by atoms with van der Waals surface area (Å²) in [4.78, 5) is 32.6. The average molecular weight is 340 g/mol. The molecular formula is C16H28N4O2S. The highest BCUT2D eigenvalue weighted by Crippen LogP contribution is 2.14. The van der Waals surface area contributed by atoms with E-state index in [-0.39, 0.29) is 23.0 Å². The Hall–Kier alpha value is -1.34. The summed E-state index contributed by atoms with van der Waals surface area (Å²) in [5.41, 5.74) is 0. The van der Waals surface area contributed by atoms with Crippen LogP contribution in [0.1, 0.15) is 40.5 Å². The summed E-state index contributed by atoms with van der Waals surface area (Å²) < 4.78 is 0. The molecule has 1 N–H and O–H groups in total. The zero-order chi connectivity index (χ0) is 17.4. The fourth-order valence-corrected chi connectivity index (χ4v) is 2.81. The van der Waals surface area contributed by atoms with E-state index < -0.39 is 5.92 Å². The van der Waals surface area contributed by atoms with Crippen molar-refractivity contribution in [2.24, 2.45) is 10.9 Å². The van der Waals surface area contributed by atoms with E-state index in [0.29, 0.717) is 6.54 Å². The van der Waals surface area contributed by atoms with Gasteiger partial charge in [-0.25, -0.2) is 0 Å². The summed E-state index contributed by atoms with van der Waals surface area (Å²) in [6.07, 6.45) is 3.15. The molecule has 1 fully saturated rings. The number of carbonyl (C=O) groups excluding carboxylic acids is 2. The van der Waals surface area contributed by atoms with Gasteiger partial charge in [0.05, 0.1) is 0 Å². The molecule has 0 bridgehead atoms. The lowest BCUT2D eigenvalue weighted by Crippen LogP contribution is -2.60. The van der Waals surface area contributed by atoms with E-state index in [1.54, 1.807) is 0 Å². The lowest BCUT2D eigenvalue weighted by molar-refractivity contribution is -0.139. The molecule has 1 aliphatic rings. The molecular weight excluding hydrogens is 312 g/mol. The molecule has 23 heavy (non-hydrogen) atoms. The van der Waals surface area contributed by atoms with Gasteiger partial charge in [0.2, 0.25) is 11.8 Å². The van der Waals surface area contributed by atoms with E-state index in [1.807, 2.05) is 13.8 Å². The Morgan fingerprint density at radius 1 is 1.35 bits per heavy atom. The van der Waals surface area contributed by atoms with Gasteiger partial charge in [0.1, 0.15) is 0 Å². The number of nitrogens with zero attached hydrogens (tertiary/aromatic N) is 3. The average Bonchev–Trinajstić information content (AvgIpc) is 2.52. The minimum Gasteiger partial charge on any atom is -0.304 e. The summed E-state index contributed by atoms with van der Waals surface area (Å²) in [6, 6.07) is -0.0332. The number of carbonyl (C=O) groups is 2. The van der Waals surface area contributed by atoms with Crippen molar-refractivity contribution in [1.29, 1.82) is 0 Å². The largest absolute Gasteiger partial charge is 0.304 e. The van der Waals surface area contributed by atoms with E-state index >= 15 is 0 Å². The molecule has 130 valence electrons. The number of hydrogen-bond acceptors (Lipinski definition) is 5. The van der Waals surface area contributed by atoms with Gasteiger partial charge >= 0.3 is 0 Å². The number of nitrogens with one attached hydrogen (secondary N) is 1. The van der Waals surface area contributed by atoms with Gasteiger partial charge in [-0.1, -0.05) is 20.8 Å². The van der Waals surface area contributed by atoms with E-state index in [4.69, 9.17) is 12.2 Å². The summed E-state index contributed by atoms with van der Waals surface area (Å²) in [5, 5.41) is 2.80. The maximum Gasteiger partial charge on any atom is 0.247 e. The van der Waals surface area contributed by atoms with Crippen LogP contribution in [0.3, 0.4) is 0 Å². The fourth-order valence-electron chi connectivity index (χ4n) is 2.44. The number of rotatable bonds is 9. The first-order valence-corrected chi connectivity index (χ1v) is 8.77. The third-order valence-corrected chi connectivity index (χ3v) is 4.48. The topological polar surface area (TPSA) is 65.0 Å². The molecule has 0 aromatic rings. The van der Waals surface area contributed by atoms with E-state index in [9.17, 15) is 9.59 Å². The van der Waals surface area contributed by atoms with Crippen LogP contribution in [0.25, 0.3) is 0 Å². The number of amides is 2. The Morgan fingerprint density at radius 3 is 2.57 bits per heavy atom. The Bertz CT molecular complexity index is 463. The Labute approximate surface area is 144 Å². The van der Waals surface area contributed by atoms with Crippen LogP contribution < -0.4 is 5.32 Å². The second-order valence-corrected chi connectivity index (χ2v) is 6.06. The van der Waals surface area contributed by atoms with Crippen LogP contribution in [-0.2, 0) is 9.59 Å². The molecule has 0 saturated carbocycles. The highest BCUT2D eigenvalue weighted by molar-refractivity contribution is 7.80. The van der Waals surface area contributed by atoms with Gasteiger partial charge in [0.25, 0.3) is 0 Å². The first-order valence-electron chi connectivity index (χ1n) is 8.36. The van der Waals surface area contributed by atoms with Crippen molar-refractivity contribution in [3.63, 3.8) is 0 Å². The van der Waals surface area contributed by atoms with Gasteiger partial charge in [0, 0.05) is 18.8 Å². The normalized spacial score (nSPS) is 20.5. The van der Waals surface area contributed by atoms with E-state index in [0.717, 1.165) is 32.5 Å². The SMILES string of the molecule is CC[C@H](C)N1C(=O)[C@H](C=NCCCN(CC)CC)C(=O)NC1=S. The molecule has 0 spiro atoms. The molecule has 2 amide bonds. The van der Waals surface area contributed by atoms with Crippen molar-refractivity contribution in [3.8, 4) is 0 Å². The predicted octanol–water partition coefficient (Wildman–Crippen LogP) is 1.45. The van der Waals surface area contributed by atoms with E-state index in [1.165, 1.54) is 11.1 Å². The molecule has 1 heterocycles. The number of thiocarbonyl (C=S) groups is 1. The van der Waals surface area contributed by atoms with Crippen LogP contribution in [0.5, 0.6) is 0 Å². The zero-order valence-electron chi connectivity index (χ0n) is 14.5. The van der Waals surface area contributed by atoms with Gasteiger partial charge in [-0.3, -0.25) is 19.5 Å². The summed E-state index contributed by atoms with van der Waals surface area (Å²) in [7, 11) is 0. The van der Waals surface area contributed by atoms with Crippen molar-refractivity contribution >= 4 is 35.4 Å². The van der Waals surface area contributed by atoms with E-state index in [2.05, 4.69) is 29.1 Å². The molecule has 1 saturated heterocycles. The fraction of sp³-hybridized carbons (Fsp3) is 0.750. The van der Waals surface area contributed by atoms with Crippen molar-refractivity contribution in [2.75, 3.05) is 26.2 Å². The van der Waals surface area contributed by atoms with Crippen molar-refractivity contribution in [3.05, 3.63) is 0 Å². The predicted molar refractivity (Wildman–Crippen MR) is 96.6 cm³/mol. The number of aliphatic imine (C=N–C) groups is 1. The third-order valence-electron chi connectivity index (χ3n) is 4.18. The lowest BCUT2D eigenvalue weighted by atomic mass is 10.0. The van der Waals surface area contributed by atoms with Crippen molar-refractivity contribution in [1.82, 2.24) is 15.1 Å². The molecule has 2 atom stereocenters. The highest BCUT2D eigenvalue weighted by Gasteiger charge is 2.39. The summed E-state index contributed by atoms with van der Waals surface area (Å²) in [5.74, 6) is -1.53. The molecule has 7 heteroatoms. The maximum absolute atomic E-state index is 12.5. The van der Waals surface area contributed by atoms with Crippen LogP contribution in [0.4, 0.5) is 0 Å². The highest BCUT2D eigenvalue weighted by atomic mass is 32.1. The molecule has 0 aromatic carbocycles. The van der Waals surface area contributed by atoms with Crippen LogP contribution >= 0.6 is 12.2 Å². The molecule has 1 rings (SSSR count). The van der Waals surface area contributed by atoms with Gasteiger partial charge in [-0.15, -0.1) is 0 Å². The Balaban J connectivity index is 2.60. The molecule has 1 aliphatic heterocycles. The van der Waals surface area contributed by atoms with Gasteiger partial charge in [-0.05, 0) is 51.6 Å². The monoisotopic (exact) mass is 340 g/mol. The quantitative estimate of drug-likeness (QED) is 0.299. The molecule has 0 radical (unpaired) electrons. The zero-order valence-corrected chi connectivity index (χ0v) is 15.4. The second-order valence-electron chi connectivity index (χ2n) is 5.67. The molecule has 0 aromatic heterocycles.